The molecular formula is C13H8Cl4N2S. The van der Waals surface area contributed by atoms with E-state index in [2.05, 4.69) is 10.6 Å². The van der Waals surface area contributed by atoms with E-state index >= 15 is 0 Å². The van der Waals surface area contributed by atoms with Crippen LogP contribution in [0.2, 0.25) is 20.1 Å². The quantitative estimate of drug-likeness (QED) is 0.496. The lowest BCUT2D eigenvalue weighted by Crippen LogP contribution is -2.19. The molecule has 0 aliphatic rings. The van der Waals surface area contributed by atoms with Gasteiger partial charge in [-0.05, 0) is 48.6 Å². The standard InChI is InChI=1S/C13H8Cl4N2S/c14-7-1-3-8(4-2-7)18-13(20)19-12-6-10(16)9(15)5-11(12)17/h1-6H,(H2,18,19,20). The third-order valence-corrected chi connectivity index (χ3v) is 3.85. The topological polar surface area (TPSA) is 24.1 Å². The number of hydrogen-bond acceptors (Lipinski definition) is 1. The Morgan fingerprint density at radius 2 is 1.40 bits per heavy atom. The van der Waals surface area contributed by atoms with Crippen LogP contribution in [0.15, 0.2) is 36.4 Å². The highest BCUT2D eigenvalue weighted by Gasteiger charge is 2.07. The zero-order valence-corrected chi connectivity index (χ0v) is 13.7. The van der Waals surface area contributed by atoms with Gasteiger partial charge in [-0.1, -0.05) is 46.4 Å². The molecule has 2 aromatic rings. The van der Waals surface area contributed by atoms with Crippen molar-refractivity contribution in [3.05, 3.63) is 56.5 Å². The summed E-state index contributed by atoms with van der Waals surface area (Å²) in [6.45, 7) is 0. The van der Waals surface area contributed by atoms with Crippen LogP contribution in [0.5, 0.6) is 0 Å². The molecule has 2 aromatic carbocycles. The number of rotatable bonds is 2. The third-order valence-electron chi connectivity index (χ3n) is 2.36. The predicted molar refractivity (Wildman–Crippen MR) is 92.8 cm³/mol. The normalized spacial score (nSPS) is 10.2. The summed E-state index contributed by atoms with van der Waals surface area (Å²) < 4.78 is 0. The molecule has 0 amide bonds. The summed E-state index contributed by atoms with van der Waals surface area (Å²) in [7, 11) is 0. The Balaban J connectivity index is 2.08. The van der Waals surface area contributed by atoms with Gasteiger partial charge in [0.25, 0.3) is 0 Å². The highest BCUT2D eigenvalue weighted by molar-refractivity contribution is 7.80. The molecule has 0 bridgehead atoms. The fraction of sp³-hybridized carbons (Fsp3) is 0. The first-order chi connectivity index (χ1) is 9.45. The van der Waals surface area contributed by atoms with Crippen molar-refractivity contribution >= 4 is 75.1 Å². The first-order valence-electron chi connectivity index (χ1n) is 5.44. The van der Waals surface area contributed by atoms with Gasteiger partial charge in [0.2, 0.25) is 0 Å². The average Bonchev–Trinajstić information content (AvgIpc) is 2.39. The minimum atomic E-state index is 0.382. The van der Waals surface area contributed by atoms with Crippen LogP contribution < -0.4 is 10.6 Å². The second kappa shape index (κ2) is 6.83. The van der Waals surface area contributed by atoms with Crippen LogP contribution in [0.3, 0.4) is 0 Å². The van der Waals surface area contributed by atoms with Gasteiger partial charge in [-0.3, -0.25) is 0 Å². The summed E-state index contributed by atoms with van der Waals surface area (Å²) in [5.41, 5.74) is 1.38. The van der Waals surface area contributed by atoms with Gasteiger partial charge in [-0.2, -0.15) is 0 Å². The second-order valence-corrected chi connectivity index (χ2v) is 5.90. The Bertz CT molecular complexity index is 644. The zero-order valence-electron chi connectivity index (χ0n) is 9.88. The highest BCUT2D eigenvalue weighted by atomic mass is 35.5. The molecule has 0 saturated carbocycles. The van der Waals surface area contributed by atoms with Gasteiger partial charge in [0, 0.05) is 10.7 Å². The fourth-order valence-electron chi connectivity index (χ4n) is 1.44. The zero-order chi connectivity index (χ0) is 14.7. The van der Waals surface area contributed by atoms with Crippen LogP contribution in [0.4, 0.5) is 11.4 Å². The minimum Gasteiger partial charge on any atom is -0.332 e. The predicted octanol–water partition coefficient (Wildman–Crippen LogP) is 6.11. The number of halogens is 4. The van der Waals surface area contributed by atoms with Crippen molar-refractivity contribution in [1.29, 1.82) is 0 Å². The van der Waals surface area contributed by atoms with Crippen LogP contribution in [-0.2, 0) is 0 Å². The van der Waals surface area contributed by atoms with E-state index in [9.17, 15) is 0 Å². The van der Waals surface area contributed by atoms with Crippen molar-refractivity contribution in [1.82, 2.24) is 0 Å². The minimum absolute atomic E-state index is 0.382. The van der Waals surface area contributed by atoms with E-state index in [4.69, 9.17) is 58.6 Å². The lowest BCUT2D eigenvalue weighted by atomic mass is 10.3. The molecule has 0 aliphatic carbocycles. The molecule has 0 spiro atoms. The Hall–Kier alpha value is -0.710. The molecule has 0 heterocycles. The fourth-order valence-corrected chi connectivity index (χ4v) is 2.38. The van der Waals surface area contributed by atoms with E-state index in [-0.39, 0.29) is 0 Å². The van der Waals surface area contributed by atoms with E-state index in [1.165, 1.54) is 0 Å². The van der Waals surface area contributed by atoms with E-state index in [0.29, 0.717) is 30.9 Å². The smallest absolute Gasteiger partial charge is 0.175 e. The summed E-state index contributed by atoms with van der Waals surface area (Å²) in [4.78, 5) is 0. The summed E-state index contributed by atoms with van der Waals surface area (Å²) in [6, 6.07) is 10.3. The van der Waals surface area contributed by atoms with Gasteiger partial charge < -0.3 is 10.6 Å². The first kappa shape index (κ1) is 15.7. The Morgan fingerprint density at radius 1 is 0.800 bits per heavy atom. The molecule has 0 unspecified atom stereocenters. The molecule has 2 N–H and O–H groups in total. The van der Waals surface area contributed by atoms with E-state index in [0.717, 1.165) is 5.69 Å². The second-order valence-electron chi connectivity index (χ2n) is 3.83. The van der Waals surface area contributed by atoms with Crippen LogP contribution in [0.1, 0.15) is 0 Å². The molecule has 0 fully saturated rings. The van der Waals surface area contributed by atoms with Gasteiger partial charge in [-0.25, -0.2) is 0 Å². The van der Waals surface area contributed by atoms with Crippen LogP contribution >= 0.6 is 58.6 Å². The molecule has 0 atom stereocenters. The van der Waals surface area contributed by atoms with Crippen molar-refractivity contribution < 1.29 is 0 Å². The van der Waals surface area contributed by atoms with Gasteiger partial charge in [0.15, 0.2) is 5.11 Å². The number of hydrogen-bond donors (Lipinski definition) is 2. The lowest BCUT2D eigenvalue weighted by molar-refractivity contribution is 1.59. The van der Waals surface area contributed by atoms with Gasteiger partial charge in [0.05, 0.1) is 20.8 Å². The molecular weight excluding hydrogens is 358 g/mol. The van der Waals surface area contributed by atoms with Crippen LogP contribution in [0.25, 0.3) is 0 Å². The maximum atomic E-state index is 6.06. The lowest BCUT2D eigenvalue weighted by Gasteiger charge is -2.12. The number of thiocarbonyl (C=S) groups is 1. The maximum absolute atomic E-state index is 6.06. The summed E-state index contributed by atoms with van der Waals surface area (Å²) in [5.74, 6) is 0. The van der Waals surface area contributed by atoms with Crippen molar-refractivity contribution in [2.75, 3.05) is 10.6 Å². The molecule has 7 heteroatoms. The first-order valence-corrected chi connectivity index (χ1v) is 7.36. The van der Waals surface area contributed by atoms with Crippen molar-refractivity contribution in [3.63, 3.8) is 0 Å². The molecule has 0 saturated heterocycles. The van der Waals surface area contributed by atoms with Crippen molar-refractivity contribution in [3.8, 4) is 0 Å². The van der Waals surface area contributed by atoms with Gasteiger partial charge in [0.1, 0.15) is 0 Å². The number of nitrogens with one attached hydrogen (secondary N) is 2. The van der Waals surface area contributed by atoms with Crippen LogP contribution in [0, 0.1) is 0 Å². The molecule has 2 rings (SSSR count). The Labute approximate surface area is 142 Å². The van der Waals surface area contributed by atoms with E-state index in [1.807, 2.05) is 12.1 Å². The highest BCUT2D eigenvalue weighted by Crippen LogP contribution is 2.32. The van der Waals surface area contributed by atoms with Crippen molar-refractivity contribution in [2.45, 2.75) is 0 Å². The Morgan fingerprint density at radius 3 is 2.05 bits per heavy atom. The molecule has 2 nitrogen and oxygen atoms in total. The number of anilines is 2. The van der Waals surface area contributed by atoms with E-state index < -0.39 is 0 Å². The van der Waals surface area contributed by atoms with Crippen molar-refractivity contribution in [2.24, 2.45) is 0 Å². The molecule has 104 valence electrons. The largest absolute Gasteiger partial charge is 0.332 e. The van der Waals surface area contributed by atoms with Crippen LogP contribution in [-0.4, -0.2) is 5.11 Å². The maximum Gasteiger partial charge on any atom is 0.175 e. The number of benzene rings is 2. The van der Waals surface area contributed by atoms with E-state index in [1.54, 1.807) is 24.3 Å². The monoisotopic (exact) mass is 364 g/mol. The van der Waals surface area contributed by atoms with Gasteiger partial charge in [-0.15, -0.1) is 0 Å². The molecule has 0 radical (unpaired) electrons. The molecule has 0 aliphatic heterocycles. The molecule has 0 aromatic heterocycles. The van der Waals surface area contributed by atoms with Gasteiger partial charge >= 0.3 is 0 Å². The Kier molecular flexibility index (Phi) is 5.35. The summed E-state index contributed by atoms with van der Waals surface area (Å²) in [5, 5.41) is 8.21. The molecule has 20 heavy (non-hydrogen) atoms. The summed E-state index contributed by atoms with van der Waals surface area (Å²) >= 11 is 28.9. The SMILES string of the molecule is S=C(Nc1ccc(Cl)cc1)Nc1cc(Cl)c(Cl)cc1Cl. The summed E-state index contributed by atoms with van der Waals surface area (Å²) in [6.07, 6.45) is 0. The third kappa shape index (κ3) is 4.14. The average molecular weight is 366 g/mol.